The van der Waals surface area contributed by atoms with E-state index in [9.17, 15) is 16.8 Å². The van der Waals surface area contributed by atoms with E-state index in [1.54, 1.807) is 13.8 Å². The van der Waals surface area contributed by atoms with E-state index in [4.69, 9.17) is 11.6 Å². The molecule has 0 unspecified atom stereocenters. The first-order chi connectivity index (χ1) is 8.66. The maximum Gasteiger partial charge on any atom is 0.246 e. The molecule has 0 saturated carbocycles. The van der Waals surface area contributed by atoms with Crippen molar-refractivity contribution in [2.24, 2.45) is 0 Å². The summed E-state index contributed by atoms with van der Waals surface area (Å²) >= 11 is 5.25. The first-order valence-electron chi connectivity index (χ1n) is 5.35. The van der Waals surface area contributed by atoms with Crippen molar-refractivity contribution in [2.75, 3.05) is 9.93 Å². The Balaban J connectivity index is 2.94. The van der Waals surface area contributed by atoms with Crippen molar-refractivity contribution in [3.63, 3.8) is 0 Å². The average molecular weight is 327 g/mol. The van der Waals surface area contributed by atoms with E-state index in [2.05, 4.69) is 9.44 Å². The molecular formula is C10H15ClN2O4S2. The molecule has 0 bridgehead atoms. The Morgan fingerprint density at radius 3 is 2.05 bits per heavy atom. The van der Waals surface area contributed by atoms with Gasteiger partial charge in [0.25, 0.3) is 0 Å². The first-order valence-corrected chi connectivity index (χ1v) is 9.02. The molecule has 19 heavy (non-hydrogen) atoms. The van der Waals surface area contributed by atoms with Crippen LogP contribution >= 0.6 is 11.6 Å². The van der Waals surface area contributed by atoms with Gasteiger partial charge in [0.1, 0.15) is 5.21 Å². The lowest BCUT2D eigenvalue weighted by molar-refractivity contribution is 0.570. The highest BCUT2D eigenvalue weighted by Crippen LogP contribution is 2.15. The lowest BCUT2D eigenvalue weighted by atomic mass is 10.3. The van der Waals surface area contributed by atoms with Gasteiger partial charge < -0.3 is 0 Å². The molecule has 9 heteroatoms. The number of hydrogen-bond donors (Lipinski definition) is 2. The lowest BCUT2D eigenvalue weighted by Gasteiger charge is -2.10. The van der Waals surface area contributed by atoms with Crippen molar-refractivity contribution in [1.82, 2.24) is 4.72 Å². The van der Waals surface area contributed by atoms with Crippen molar-refractivity contribution in [3.8, 4) is 0 Å². The Hall–Kier alpha value is -0.830. The molecule has 0 fully saturated rings. The molecule has 108 valence electrons. The number of hydrogen-bond acceptors (Lipinski definition) is 4. The quantitative estimate of drug-likeness (QED) is 0.771. The second-order valence-corrected chi connectivity index (χ2v) is 8.15. The molecule has 1 aromatic rings. The highest BCUT2D eigenvalue weighted by atomic mass is 35.5. The summed E-state index contributed by atoms with van der Waals surface area (Å²) in [6.07, 6.45) is 0. The van der Waals surface area contributed by atoms with Gasteiger partial charge in [0.05, 0.1) is 4.90 Å². The third-order valence-electron chi connectivity index (χ3n) is 1.97. The number of benzene rings is 1. The number of alkyl halides is 1. The van der Waals surface area contributed by atoms with Gasteiger partial charge in [0, 0.05) is 11.7 Å². The minimum absolute atomic E-state index is 0.0648. The van der Waals surface area contributed by atoms with Crippen LogP contribution in [-0.2, 0) is 20.0 Å². The average Bonchev–Trinajstić information content (AvgIpc) is 2.27. The fourth-order valence-corrected chi connectivity index (χ4v) is 3.25. The van der Waals surface area contributed by atoms with Crippen LogP contribution in [0.5, 0.6) is 0 Å². The van der Waals surface area contributed by atoms with Crippen molar-refractivity contribution >= 4 is 37.3 Å². The molecule has 0 spiro atoms. The summed E-state index contributed by atoms with van der Waals surface area (Å²) in [5.74, 6) is 0. The molecule has 6 nitrogen and oxygen atoms in total. The van der Waals surface area contributed by atoms with Gasteiger partial charge in [-0.15, -0.1) is 11.6 Å². The van der Waals surface area contributed by atoms with Crippen LogP contribution in [0.1, 0.15) is 13.8 Å². The van der Waals surface area contributed by atoms with Gasteiger partial charge >= 0.3 is 0 Å². The second kappa shape index (κ2) is 6.08. The van der Waals surface area contributed by atoms with E-state index in [1.165, 1.54) is 24.3 Å². The largest absolute Gasteiger partial charge is 0.283 e. The summed E-state index contributed by atoms with van der Waals surface area (Å²) < 4.78 is 50.7. The monoisotopic (exact) mass is 326 g/mol. The maximum absolute atomic E-state index is 11.8. The van der Waals surface area contributed by atoms with E-state index in [0.717, 1.165) is 0 Å². The number of sulfonamides is 2. The smallest absolute Gasteiger partial charge is 0.246 e. The maximum atomic E-state index is 11.8. The van der Waals surface area contributed by atoms with Gasteiger partial charge in [0.15, 0.2) is 0 Å². The molecule has 0 aliphatic heterocycles. The van der Waals surface area contributed by atoms with Gasteiger partial charge in [0.2, 0.25) is 20.0 Å². The van der Waals surface area contributed by atoms with Crippen molar-refractivity contribution in [1.29, 1.82) is 0 Å². The molecule has 0 aliphatic rings. The van der Waals surface area contributed by atoms with Crippen LogP contribution in [0.4, 0.5) is 5.69 Å². The summed E-state index contributed by atoms with van der Waals surface area (Å²) in [6, 6.07) is 5.13. The summed E-state index contributed by atoms with van der Waals surface area (Å²) in [7, 11) is -7.17. The molecule has 1 rings (SSSR count). The zero-order valence-corrected chi connectivity index (χ0v) is 12.8. The lowest BCUT2D eigenvalue weighted by Crippen LogP contribution is -2.30. The topological polar surface area (TPSA) is 92.3 Å². The van der Waals surface area contributed by atoms with Crippen LogP contribution in [0.3, 0.4) is 0 Å². The van der Waals surface area contributed by atoms with Crippen molar-refractivity contribution in [2.45, 2.75) is 24.8 Å². The van der Waals surface area contributed by atoms with Crippen LogP contribution in [-0.4, -0.2) is 28.1 Å². The Kier molecular flexibility index (Phi) is 5.19. The third kappa shape index (κ3) is 4.98. The molecule has 0 heterocycles. The first kappa shape index (κ1) is 16.2. The molecular weight excluding hydrogens is 312 g/mol. The molecule has 0 amide bonds. The summed E-state index contributed by atoms with van der Waals surface area (Å²) in [4.78, 5) is 0.0648. The van der Waals surface area contributed by atoms with Crippen LogP contribution in [0.2, 0.25) is 0 Å². The highest BCUT2D eigenvalue weighted by molar-refractivity contribution is 7.93. The van der Waals surface area contributed by atoms with E-state index in [-0.39, 0.29) is 16.6 Å². The fraction of sp³-hybridized carbons (Fsp3) is 0.400. The molecule has 0 atom stereocenters. The Morgan fingerprint density at radius 1 is 1.11 bits per heavy atom. The van der Waals surface area contributed by atoms with Crippen molar-refractivity contribution < 1.29 is 16.8 Å². The van der Waals surface area contributed by atoms with Crippen molar-refractivity contribution in [3.05, 3.63) is 24.3 Å². The number of rotatable bonds is 6. The van der Waals surface area contributed by atoms with E-state index in [0.29, 0.717) is 0 Å². The van der Waals surface area contributed by atoms with Gasteiger partial charge in [-0.25, -0.2) is 21.6 Å². The van der Waals surface area contributed by atoms with Crippen LogP contribution in [0, 0.1) is 0 Å². The van der Waals surface area contributed by atoms with E-state index < -0.39 is 25.3 Å². The van der Waals surface area contributed by atoms with Gasteiger partial charge in [-0.05, 0) is 38.1 Å². The Labute approximate surface area is 118 Å². The predicted molar refractivity (Wildman–Crippen MR) is 75.2 cm³/mol. The molecule has 0 radical (unpaired) electrons. The SMILES string of the molecule is CC(C)NS(=O)(=O)c1ccc(NS(=O)(=O)CCl)cc1. The molecule has 0 aliphatic carbocycles. The highest BCUT2D eigenvalue weighted by Gasteiger charge is 2.15. The molecule has 0 aromatic heterocycles. The van der Waals surface area contributed by atoms with Crippen LogP contribution in [0.25, 0.3) is 0 Å². The predicted octanol–water partition coefficient (Wildman–Crippen LogP) is 1.31. The number of nitrogens with one attached hydrogen (secondary N) is 2. The van der Waals surface area contributed by atoms with Gasteiger partial charge in [-0.2, -0.15) is 0 Å². The van der Waals surface area contributed by atoms with Gasteiger partial charge in [-0.1, -0.05) is 0 Å². The zero-order valence-electron chi connectivity index (χ0n) is 10.4. The third-order valence-corrected chi connectivity index (χ3v) is 5.34. The second-order valence-electron chi connectivity index (χ2n) is 4.13. The minimum Gasteiger partial charge on any atom is -0.283 e. The Bertz CT molecular complexity index is 624. The zero-order chi connectivity index (χ0) is 14.7. The van der Waals surface area contributed by atoms with Gasteiger partial charge in [-0.3, -0.25) is 4.72 Å². The number of halogens is 1. The van der Waals surface area contributed by atoms with E-state index >= 15 is 0 Å². The standard InChI is InChI=1S/C10H15ClN2O4S2/c1-8(2)12-19(16,17)10-5-3-9(4-6-10)13-18(14,15)7-11/h3-6,8,12-13H,7H2,1-2H3. The summed E-state index contributed by atoms with van der Waals surface area (Å²) in [5, 5.41) is -0.568. The van der Waals surface area contributed by atoms with E-state index in [1.807, 2.05) is 0 Å². The summed E-state index contributed by atoms with van der Waals surface area (Å²) in [5.41, 5.74) is 0.254. The normalized spacial score (nSPS) is 12.6. The molecule has 1 aromatic carbocycles. The number of anilines is 1. The van der Waals surface area contributed by atoms with Crippen LogP contribution in [0.15, 0.2) is 29.2 Å². The summed E-state index contributed by atoms with van der Waals surface area (Å²) in [6.45, 7) is 3.42. The fourth-order valence-electron chi connectivity index (χ4n) is 1.29. The molecule has 0 saturated heterocycles. The Morgan fingerprint density at radius 2 is 1.63 bits per heavy atom. The minimum atomic E-state index is -3.59. The van der Waals surface area contributed by atoms with Crippen LogP contribution < -0.4 is 9.44 Å². The molecule has 2 N–H and O–H groups in total.